The number of nitrogens with zero attached hydrogens (tertiary/aromatic N) is 2. The first kappa shape index (κ1) is 11.6. The molecule has 0 bridgehead atoms. The van der Waals surface area contributed by atoms with Crippen molar-refractivity contribution in [1.29, 1.82) is 0 Å². The van der Waals surface area contributed by atoms with Crippen LogP contribution in [-0.4, -0.2) is 52.4 Å². The molecule has 0 spiro atoms. The van der Waals surface area contributed by atoms with Gasteiger partial charge < -0.3 is 4.90 Å². The Labute approximate surface area is 74.5 Å². The second-order valence-corrected chi connectivity index (χ2v) is 4.99. The Morgan fingerprint density at radius 2 is 1.67 bits per heavy atom. The summed E-state index contributed by atoms with van der Waals surface area (Å²) in [7, 11) is 3.61. The molecule has 0 saturated carbocycles. The van der Waals surface area contributed by atoms with Gasteiger partial charge >= 0.3 is 0 Å². The molecule has 0 unspecified atom stereocenters. The third-order valence-corrected chi connectivity index (χ3v) is 2.80. The molecule has 0 aliphatic rings. The summed E-state index contributed by atoms with van der Waals surface area (Å²) in [5.74, 6) is 0. The van der Waals surface area contributed by atoms with Gasteiger partial charge in [0.25, 0.3) is 0 Å². The van der Waals surface area contributed by atoms with Gasteiger partial charge in [-0.05, 0) is 14.1 Å². The van der Waals surface area contributed by atoms with E-state index in [0.717, 1.165) is 0 Å². The van der Waals surface area contributed by atoms with Crippen LogP contribution >= 0.6 is 0 Å². The smallest absolute Gasteiger partial charge is 0.235 e. The largest absolute Gasteiger partial charge is 0.306 e. The van der Waals surface area contributed by atoms with Crippen LogP contribution in [-0.2, 0) is 10.0 Å². The standard InChI is InChI=1S/C7H16N2O2S/c1-8(2)6-5-7-12(10,11)9(3)4/h5,7H,6H2,1-4H3/b7-5+. The lowest BCUT2D eigenvalue weighted by molar-refractivity contribution is 0.456. The molecular weight excluding hydrogens is 176 g/mol. The third-order valence-electron chi connectivity index (χ3n) is 1.25. The van der Waals surface area contributed by atoms with Gasteiger partial charge in [-0.25, -0.2) is 12.7 Å². The van der Waals surface area contributed by atoms with Crippen molar-refractivity contribution in [2.45, 2.75) is 0 Å². The van der Waals surface area contributed by atoms with Crippen LogP contribution in [0.15, 0.2) is 11.5 Å². The second kappa shape index (κ2) is 4.59. The Bertz CT molecular complexity index is 242. The minimum absolute atomic E-state index is 0.632. The van der Waals surface area contributed by atoms with E-state index in [9.17, 15) is 8.42 Å². The molecule has 0 rings (SSSR count). The lowest BCUT2D eigenvalue weighted by atomic mass is 10.6. The molecule has 0 aromatic carbocycles. The van der Waals surface area contributed by atoms with Gasteiger partial charge in [0.15, 0.2) is 0 Å². The van der Waals surface area contributed by atoms with Gasteiger partial charge in [0.05, 0.1) is 0 Å². The van der Waals surface area contributed by atoms with Crippen LogP contribution in [0.2, 0.25) is 0 Å². The van der Waals surface area contributed by atoms with Gasteiger partial charge in [-0.3, -0.25) is 0 Å². The normalized spacial score (nSPS) is 13.5. The summed E-state index contributed by atoms with van der Waals surface area (Å²) in [6.45, 7) is 0.632. The van der Waals surface area contributed by atoms with E-state index in [0.29, 0.717) is 6.54 Å². The van der Waals surface area contributed by atoms with E-state index >= 15 is 0 Å². The Morgan fingerprint density at radius 3 is 2.00 bits per heavy atom. The summed E-state index contributed by atoms with van der Waals surface area (Å²) in [6, 6.07) is 0. The van der Waals surface area contributed by atoms with Gasteiger partial charge in [0.1, 0.15) is 0 Å². The maximum Gasteiger partial charge on any atom is 0.235 e. The minimum Gasteiger partial charge on any atom is -0.306 e. The molecule has 5 heteroatoms. The lowest BCUT2D eigenvalue weighted by Crippen LogP contribution is -2.20. The van der Waals surface area contributed by atoms with Crippen molar-refractivity contribution in [3.05, 3.63) is 11.5 Å². The average Bonchev–Trinajstić information content (AvgIpc) is 1.85. The van der Waals surface area contributed by atoms with Gasteiger partial charge in [-0.1, -0.05) is 6.08 Å². The van der Waals surface area contributed by atoms with Crippen molar-refractivity contribution < 1.29 is 8.42 Å². The van der Waals surface area contributed by atoms with Crippen molar-refractivity contribution in [2.24, 2.45) is 0 Å². The van der Waals surface area contributed by atoms with Crippen LogP contribution in [0, 0.1) is 0 Å². The van der Waals surface area contributed by atoms with E-state index in [1.165, 1.54) is 23.8 Å². The Balaban J connectivity index is 4.17. The van der Waals surface area contributed by atoms with E-state index in [2.05, 4.69) is 0 Å². The highest BCUT2D eigenvalue weighted by Crippen LogP contribution is 1.95. The lowest BCUT2D eigenvalue weighted by Gasteiger charge is -2.07. The van der Waals surface area contributed by atoms with Crippen LogP contribution in [0.25, 0.3) is 0 Å². The fraction of sp³-hybridized carbons (Fsp3) is 0.714. The number of hydrogen-bond acceptors (Lipinski definition) is 3. The highest BCUT2D eigenvalue weighted by atomic mass is 32.2. The predicted octanol–water partition coefficient (Wildman–Crippen LogP) is -0.0469. The fourth-order valence-electron chi connectivity index (χ4n) is 0.497. The van der Waals surface area contributed by atoms with Crippen LogP contribution in [0.1, 0.15) is 0 Å². The maximum absolute atomic E-state index is 11.1. The van der Waals surface area contributed by atoms with Crippen molar-refractivity contribution in [3.8, 4) is 0 Å². The highest BCUT2D eigenvalue weighted by molar-refractivity contribution is 7.91. The molecular formula is C7H16N2O2S. The van der Waals surface area contributed by atoms with E-state index < -0.39 is 10.0 Å². The summed E-state index contributed by atoms with van der Waals surface area (Å²) in [5.41, 5.74) is 0. The predicted molar refractivity (Wildman–Crippen MR) is 50.3 cm³/mol. The molecule has 0 radical (unpaired) electrons. The van der Waals surface area contributed by atoms with Gasteiger partial charge in [0, 0.05) is 26.0 Å². The second-order valence-electron chi connectivity index (χ2n) is 2.96. The van der Waals surface area contributed by atoms with E-state index in [1.54, 1.807) is 6.08 Å². The summed E-state index contributed by atoms with van der Waals surface area (Å²) in [4.78, 5) is 1.89. The van der Waals surface area contributed by atoms with Crippen LogP contribution in [0.4, 0.5) is 0 Å². The molecule has 0 N–H and O–H groups in total. The molecule has 4 nitrogen and oxygen atoms in total. The molecule has 0 aromatic heterocycles. The van der Waals surface area contributed by atoms with E-state index in [1.807, 2.05) is 19.0 Å². The molecule has 0 aliphatic carbocycles. The summed E-state index contributed by atoms with van der Waals surface area (Å²) < 4.78 is 23.4. The van der Waals surface area contributed by atoms with Crippen molar-refractivity contribution >= 4 is 10.0 Å². The molecule has 0 heterocycles. The monoisotopic (exact) mass is 192 g/mol. The molecule has 12 heavy (non-hydrogen) atoms. The summed E-state index contributed by atoms with van der Waals surface area (Å²) >= 11 is 0. The molecule has 0 fully saturated rings. The number of rotatable bonds is 4. The van der Waals surface area contributed by atoms with Crippen LogP contribution in [0.3, 0.4) is 0 Å². The first-order valence-corrected chi connectivity index (χ1v) is 5.10. The zero-order valence-corrected chi connectivity index (χ0v) is 8.80. The van der Waals surface area contributed by atoms with Crippen molar-refractivity contribution in [1.82, 2.24) is 9.21 Å². The zero-order valence-electron chi connectivity index (χ0n) is 7.98. The van der Waals surface area contributed by atoms with Crippen molar-refractivity contribution in [2.75, 3.05) is 34.7 Å². The van der Waals surface area contributed by atoms with Crippen LogP contribution < -0.4 is 0 Å². The first-order chi connectivity index (χ1) is 5.36. The van der Waals surface area contributed by atoms with Gasteiger partial charge in [0.2, 0.25) is 10.0 Å². The fourth-order valence-corrected chi connectivity index (χ4v) is 1.07. The Kier molecular flexibility index (Phi) is 4.44. The van der Waals surface area contributed by atoms with E-state index in [4.69, 9.17) is 0 Å². The third kappa shape index (κ3) is 4.48. The molecule has 0 saturated heterocycles. The summed E-state index contributed by atoms with van der Waals surface area (Å²) in [6.07, 6.45) is 1.62. The van der Waals surface area contributed by atoms with Crippen molar-refractivity contribution in [3.63, 3.8) is 0 Å². The molecule has 0 atom stereocenters. The Hall–Kier alpha value is -0.390. The zero-order chi connectivity index (χ0) is 9.78. The minimum atomic E-state index is -3.17. The van der Waals surface area contributed by atoms with Gasteiger partial charge in [-0.2, -0.15) is 0 Å². The van der Waals surface area contributed by atoms with Crippen LogP contribution in [0.5, 0.6) is 0 Å². The Morgan fingerprint density at radius 1 is 1.17 bits per heavy atom. The summed E-state index contributed by atoms with van der Waals surface area (Å²) in [5, 5.41) is 1.22. The number of likely N-dealkylation sites (N-methyl/N-ethyl adjacent to an activating group) is 1. The molecule has 0 aliphatic heterocycles. The molecule has 0 amide bonds. The molecule has 0 aromatic rings. The van der Waals surface area contributed by atoms with Gasteiger partial charge in [-0.15, -0.1) is 0 Å². The number of sulfonamides is 1. The average molecular weight is 192 g/mol. The van der Waals surface area contributed by atoms with E-state index in [-0.39, 0.29) is 0 Å². The SMILES string of the molecule is CN(C)C/C=C/S(=O)(=O)N(C)C. The topological polar surface area (TPSA) is 40.6 Å². The first-order valence-electron chi connectivity index (χ1n) is 3.60. The number of hydrogen-bond donors (Lipinski definition) is 0. The maximum atomic E-state index is 11.1. The molecule has 72 valence electrons. The quantitative estimate of drug-likeness (QED) is 0.627. The highest BCUT2D eigenvalue weighted by Gasteiger charge is 2.06.